The lowest BCUT2D eigenvalue weighted by Gasteiger charge is -2.11. The van der Waals surface area contributed by atoms with Crippen LogP contribution in [0, 0.1) is 11.3 Å². The highest BCUT2D eigenvalue weighted by Crippen LogP contribution is 2.23. The first-order chi connectivity index (χ1) is 8.62. The van der Waals surface area contributed by atoms with Crippen molar-refractivity contribution in [3.05, 3.63) is 29.3 Å². The summed E-state index contributed by atoms with van der Waals surface area (Å²) < 4.78 is 9.85. The van der Waals surface area contributed by atoms with E-state index in [0.29, 0.717) is 11.8 Å². The predicted octanol–water partition coefficient (Wildman–Crippen LogP) is 0.908. The van der Waals surface area contributed by atoms with Crippen molar-refractivity contribution < 1.29 is 24.2 Å². The smallest absolute Gasteiger partial charge is 0.341 e. The molecule has 1 unspecified atom stereocenters. The quantitative estimate of drug-likeness (QED) is 0.752. The van der Waals surface area contributed by atoms with Crippen LogP contribution in [0.5, 0.6) is 5.75 Å². The van der Waals surface area contributed by atoms with E-state index in [1.165, 1.54) is 19.2 Å². The summed E-state index contributed by atoms with van der Waals surface area (Å²) in [6.45, 7) is -0.532. The first-order valence-corrected chi connectivity index (χ1v) is 4.99. The number of carbonyl (C=O) groups is 2. The minimum absolute atomic E-state index is 0.151. The summed E-state index contributed by atoms with van der Waals surface area (Å²) in [5, 5.41) is 17.4. The Labute approximate surface area is 103 Å². The van der Waals surface area contributed by atoms with Gasteiger partial charge in [0.15, 0.2) is 12.9 Å². The number of carboxylic acids is 1. The van der Waals surface area contributed by atoms with Gasteiger partial charge in [0, 0.05) is 7.11 Å². The van der Waals surface area contributed by atoms with E-state index in [4.69, 9.17) is 19.8 Å². The van der Waals surface area contributed by atoms with Crippen LogP contribution in [-0.2, 0) is 14.3 Å². The second-order valence-electron chi connectivity index (χ2n) is 3.34. The third-order valence-electron chi connectivity index (χ3n) is 2.18. The van der Waals surface area contributed by atoms with Crippen LogP contribution < -0.4 is 4.74 Å². The second-order valence-corrected chi connectivity index (χ2v) is 3.34. The molecule has 0 amide bonds. The number of hydrogen-bond donors (Lipinski definition) is 1. The molecule has 94 valence electrons. The number of hydrogen-bond acceptors (Lipinski definition) is 5. The average molecular weight is 249 g/mol. The van der Waals surface area contributed by atoms with E-state index in [-0.39, 0.29) is 11.3 Å². The van der Waals surface area contributed by atoms with Crippen molar-refractivity contribution in [2.75, 3.05) is 13.7 Å². The van der Waals surface area contributed by atoms with E-state index in [0.717, 1.165) is 0 Å². The molecule has 0 spiro atoms. The minimum atomic E-state index is -1.13. The average Bonchev–Trinajstić information content (AvgIpc) is 2.38. The molecule has 0 radical (unpaired) electrons. The monoisotopic (exact) mass is 249 g/mol. The maximum atomic E-state index is 10.7. The van der Waals surface area contributed by atoms with Crippen molar-refractivity contribution in [1.29, 1.82) is 5.26 Å². The van der Waals surface area contributed by atoms with Gasteiger partial charge in [-0.05, 0) is 17.7 Å². The molecule has 0 aromatic heterocycles. The highest BCUT2D eigenvalue weighted by atomic mass is 16.5. The van der Waals surface area contributed by atoms with Crippen LogP contribution in [0.1, 0.15) is 17.2 Å². The van der Waals surface area contributed by atoms with Crippen molar-refractivity contribution in [1.82, 2.24) is 0 Å². The zero-order valence-electron chi connectivity index (χ0n) is 9.62. The lowest BCUT2D eigenvalue weighted by Crippen LogP contribution is -2.10. The fraction of sp³-hybridized carbons (Fsp3) is 0.250. The molecule has 1 atom stereocenters. The molecule has 0 aliphatic rings. The van der Waals surface area contributed by atoms with Gasteiger partial charge in [0.1, 0.15) is 17.9 Å². The number of benzene rings is 1. The topological polar surface area (TPSA) is 96.6 Å². The number of methoxy groups -OCH3 is 1. The molecule has 0 bridgehead atoms. The highest BCUT2D eigenvalue weighted by Gasteiger charge is 2.13. The second kappa shape index (κ2) is 6.37. The largest absolute Gasteiger partial charge is 0.481 e. The van der Waals surface area contributed by atoms with Gasteiger partial charge in [-0.2, -0.15) is 5.26 Å². The molecule has 0 saturated heterocycles. The Balaban J connectivity index is 3.00. The summed E-state index contributed by atoms with van der Waals surface area (Å²) in [5.74, 6) is -0.977. The number of aliphatic carboxylic acids is 1. The first-order valence-electron chi connectivity index (χ1n) is 4.99. The number of aldehydes is 1. The number of nitrogens with zero attached hydrogens (tertiary/aromatic N) is 1. The summed E-state index contributed by atoms with van der Waals surface area (Å²) in [5.41, 5.74) is 0.657. The van der Waals surface area contributed by atoms with Gasteiger partial charge in [-0.25, -0.2) is 4.79 Å². The van der Waals surface area contributed by atoms with Crippen LogP contribution in [0.2, 0.25) is 0 Å². The first kappa shape index (κ1) is 13.7. The molecule has 6 heteroatoms. The highest BCUT2D eigenvalue weighted by molar-refractivity contribution is 5.68. The van der Waals surface area contributed by atoms with Gasteiger partial charge in [-0.1, -0.05) is 6.07 Å². The lowest BCUT2D eigenvalue weighted by molar-refractivity contribution is -0.139. The zero-order valence-corrected chi connectivity index (χ0v) is 9.62. The molecule has 0 saturated carbocycles. The van der Waals surface area contributed by atoms with Gasteiger partial charge in [0.25, 0.3) is 0 Å². The zero-order chi connectivity index (χ0) is 13.5. The number of nitriles is 1. The Morgan fingerprint density at radius 3 is 2.83 bits per heavy atom. The maximum Gasteiger partial charge on any atom is 0.341 e. The van der Waals surface area contributed by atoms with Gasteiger partial charge in [-0.15, -0.1) is 0 Å². The van der Waals surface area contributed by atoms with Crippen molar-refractivity contribution in [2.24, 2.45) is 0 Å². The van der Waals surface area contributed by atoms with Gasteiger partial charge in [0.2, 0.25) is 0 Å². The van der Waals surface area contributed by atoms with Gasteiger partial charge in [-0.3, -0.25) is 0 Å². The molecule has 0 aliphatic heterocycles. The van der Waals surface area contributed by atoms with Crippen LogP contribution in [-0.4, -0.2) is 31.1 Å². The number of ether oxygens (including phenoxy) is 2. The Kier molecular flexibility index (Phi) is 4.84. The van der Waals surface area contributed by atoms with E-state index in [2.05, 4.69) is 0 Å². The minimum Gasteiger partial charge on any atom is -0.481 e. The fourth-order valence-electron chi connectivity index (χ4n) is 1.35. The molecule has 1 aromatic carbocycles. The summed E-state index contributed by atoms with van der Waals surface area (Å²) in [6, 6.07) is 6.28. The Morgan fingerprint density at radius 2 is 2.33 bits per heavy atom. The Bertz CT molecular complexity index is 492. The van der Waals surface area contributed by atoms with Crippen LogP contribution in [0.3, 0.4) is 0 Å². The van der Waals surface area contributed by atoms with E-state index in [1.807, 2.05) is 6.07 Å². The molecule has 1 N–H and O–H groups in total. The standard InChI is InChI=1S/C12H11NO5/c1-17-11(6-14)8-2-3-10(9(4-8)5-13)18-7-12(15)16/h2-4,6,11H,7H2,1H3,(H,15,16). The molecule has 1 rings (SSSR count). The molecule has 0 aliphatic carbocycles. The summed E-state index contributed by atoms with van der Waals surface area (Å²) in [4.78, 5) is 21.1. The molecule has 0 fully saturated rings. The SMILES string of the molecule is COC(C=O)c1ccc(OCC(=O)O)c(C#N)c1. The van der Waals surface area contributed by atoms with Crippen molar-refractivity contribution in [2.45, 2.75) is 6.10 Å². The molecular weight excluding hydrogens is 238 g/mol. The Hall–Kier alpha value is -2.39. The normalized spacial score (nSPS) is 11.3. The van der Waals surface area contributed by atoms with E-state index in [1.54, 1.807) is 6.07 Å². The molecule has 6 nitrogen and oxygen atoms in total. The van der Waals surface area contributed by atoms with Crippen LogP contribution >= 0.6 is 0 Å². The molecule has 18 heavy (non-hydrogen) atoms. The van der Waals surface area contributed by atoms with Crippen LogP contribution in [0.25, 0.3) is 0 Å². The summed E-state index contributed by atoms with van der Waals surface area (Å²) >= 11 is 0. The van der Waals surface area contributed by atoms with E-state index < -0.39 is 18.7 Å². The Morgan fingerprint density at radius 1 is 1.61 bits per heavy atom. The maximum absolute atomic E-state index is 10.7. The van der Waals surface area contributed by atoms with E-state index in [9.17, 15) is 9.59 Å². The number of rotatable bonds is 6. The van der Waals surface area contributed by atoms with Gasteiger partial charge < -0.3 is 19.4 Å². The van der Waals surface area contributed by atoms with Crippen LogP contribution in [0.15, 0.2) is 18.2 Å². The molecule has 0 heterocycles. The number of carbonyl (C=O) groups excluding carboxylic acids is 1. The number of carboxylic acid groups (broad SMARTS) is 1. The lowest BCUT2D eigenvalue weighted by atomic mass is 10.1. The van der Waals surface area contributed by atoms with Gasteiger partial charge in [0.05, 0.1) is 5.56 Å². The van der Waals surface area contributed by atoms with E-state index >= 15 is 0 Å². The van der Waals surface area contributed by atoms with Crippen LogP contribution in [0.4, 0.5) is 0 Å². The van der Waals surface area contributed by atoms with Gasteiger partial charge >= 0.3 is 5.97 Å². The summed E-state index contributed by atoms with van der Waals surface area (Å²) in [7, 11) is 1.37. The predicted molar refractivity (Wildman–Crippen MR) is 60.1 cm³/mol. The molecular formula is C12H11NO5. The fourth-order valence-corrected chi connectivity index (χ4v) is 1.35. The van der Waals surface area contributed by atoms with Crippen molar-refractivity contribution in [3.8, 4) is 11.8 Å². The van der Waals surface area contributed by atoms with Crippen molar-refractivity contribution >= 4 is 12.3 Å². The van der Waals surface area contributed by atoms with Crippen molar-refractivity contribution in [3.63, 3.8) is 0 Å². The third kappa shape index (κ3) is 3.30. The molecule has 1 aromatic rings. The third-order valence-corrected chi connectivity index (χ3v) is 2.18. The summed E-state index contributed by atoms with van der Waals surface area (Å²) in [6.07, 6.45) is -0.153.